The van der Waals surface area contributed by atoms with Crippen LogP contribution in [0.5, 0.6) is 0 Å². The maximum atomic E-state index is 11.8. The number of aryl methyl sites for hydroxylation is 1. The highest BCUT2D eigenvalue weighted by atomic mass is 79.9. The zero-order valence-corrected chi connectivity index (χ0v) is 12.8. The Hall–Kier alpha value is -1.66. The van der Waals surface area contributed by atoms with Crippen LogP contribution in [0.25, 0.3) is 0 Å². The highest BCUT2D eigenvalue weighted by Gasteiger charge is 2.09. The molecule has 0 aliphatic rings. The van der Waals surface area contributed by atoms with Gasteiger partial charge in [-0.15, -0.1) is 11.3 Å². The first-order chi connectivity index (χ1) is 9.56. The number of carbonyl (C=O) groups excluding carboxylic acids is 1. The Bertz CT molecular complexity index is 625. The van der Waals surface area contributed by atoms with E-state index in [1.807, 2.05) is 17.5 Å². The van der Waals surface area contributed by atoms with Gasteiger partial charge in [-0.05, 0) is 52.0 Å². The lowest BCUT2D eigenvalue weighted by Gasteiger charge is -2.07. The van der Waals surface area contributed by atoms with E-state index in [-0.39, 0.29) is 11.5 Å². The summed E-state index contributed by atoms with van der Waals surface area (Å²) < 4.78 is 0.557. The fraction of sp³-hybridized carbons (Fsp3) is 0.143. The lowest BCUT2D eigenvalue weighted by molar-refractivity contribution is -0.116. The van der Waals surface area contributed by atoms with Crippen LogP contribution in [-0.2, 0) is 11.2 Å². The third-order valence-corrected chi connectivity index (χ3v) is 4.26. The summed E-state index contributed by atoms with van der Waals surface area (Å²) in [5.74, 6) is -1.09. The molecule has 0 aliphatic heterocycles. The molecule has 2 rings (SSSR count). The van der Waals surface area contributed by atoms with Crippen LogP contribution in [0.4, 0.5) is 5.69 Å². The SMILES string of the molecule is O=C(CCc1cccs1)Nc1ccc(C(=O)O)cc1Br. The normalized spacial score (nSPS) is 10.2. The summed E-state index contributed by atoms with van der Waals surface area (Å²) >= 11 is 4.88. The van der Waals surface area contributed by atoms with Crippen LogP contribution >= 0.6 is 27.3 Å². The number of carboxylic acids is 1. The average molecular weight is 354 g/mol. The molecule has 0 atom stereocenters. The van der Waals surface area contributed by atoms with Crippen LogP contribution in [0.1, 0.15) is 21.7 Å². The topological polar surface area (TPSA) is 66.4 Å². The minimum Gasteiger partial charge on any atom is -0.478 e. The Kier molecular flexibility index (Phi) is 4.92. The number of rotatable bonds is 5. The van der Waals surface area contributed by atoms with Crippen LogP contribution in [0.2, 0.25) is 0 Å². The van der Waals surface area contributed by atoms with E-state index in [9.17, 15) is 9.59 Å². The molecular formula is C14H12BrNO3S. The van der Waals surface area contributed by atoms with Crippen molar-refractivity contribution < 1.29 is 14.7 Å². The van der Waals surface area contributed by atoms with Crippen molar-refractivity contribution in [3.8, 4) is 0 Å². The second-order valence-electron chi connectivity index (χ2n) is 4.13. The van der Waals surface area contributed by atoms with Gasteiger partial charge < -0.3 is 10.4 Å². The molecule has 0 radical (unpaired) electrons. The third kappa shape index (κ3) is 3.91. The lowest BCUT2D eigenvalue weighted by Crippen LogP contribution is -2.12. The Morgan fingerprint density at radius 3 is 2.70 bits per heavy atom. The molecule has 20 heavy (non-hydrogen) atoms. The van der Waals surface area contributed by atoms with Crippen LogP contribution < -0.4 is 5.32 Å². The smallest absolute Gasteiger partial charge is 0.335 e. The maximum Gasteiger partial charge on any atom is 0.335 e. The van der Waals surface area contributed by atoms with Crippen molar-refractivity contribution in [2.45, 2.75) is 12.8 Å². The van der Waals surface area contributed by atoms with Crippen molar-refractivity contribution in [1.82, 2.24) is 0 Å². The summed E-state index contributed by atoms with van der Waals surface area (Å²) in [6, 6.07) is 8.46. The summed E-state index contributed by atoms with van der Waals surface area (Å²) in [6.45, 7) is 0. The van der Waals surface area contributed by atoms with Gasteiger partial charge in [-0.25, -0.2) is 4.79 Å². The molecule has 0 bridgehead atoms. The molecule has 0 spiro atoms. The van der Waals surface area contributed by atoms with Gasteiger partial charge in [0.15, 0.2) is 0 Å². The van der Waals surface area contributed by atoms with E-state index in [1.165, 1.54) is 17.0 Å². The Morgan fingerprint density at radius 2 is 2.10 bits per heavy atom. The molecule has 4 nitrogen and oxygen atoms in total. The van der Waals surface area contributed by atoms with Crippen LogP contribution in [-0.4, -0.2) is 17.0 Å². The van der Waals surface area contributed by atoms with E-state index in [0.29, 0.717) is 23.0 Å². The molecule has 6 heteroatoms. The molecule has 2 N–H and O–H groups in total. The van der Waals surface area contributed by atoms with Gasteiger partial charge in [-0.3, -0.25) is 4.79 Å². The van der Waals surface area contributed by atoms with E-state index in [2.05, 4.69) is 21.2 Å². The number of halogens is 1. The number of anilines is 1. The highest BCUT2D eigenvalue weighted by Crippen LogP contribution is 2.24. The second kappa shape index (κ2) is 6.67. The van der Waals surface area contributed by atoms with Crippen molar-refractivity contribution in [2.24, 2.45) is 0 Å². The van der Waals surface area contributed by atoms with Crippen molar-refractivity contribution in [2.75, 3.05) is 5.32 Å². The number of aromatic carboxylic acids is 1. The minimum atomic E-state index is -0.999. The summed E-state index contributed by atoms with van der Waals surface area (Å²) in [5.41, 5.74) is 0.750. The largest absolute Gasteiger partial charge is 0.478 e. The van der Waals surface area contributed by atoms with Gasteiger partial charge in [-0.1, -0.05) is 6.07 Å². The van der Waals surface area contributed by atoms with Gasteiger partial charge in [-0.2, -0.15) is 0 Å². The molecule has 0 aliphatic carbocycles. The quantitative estimate of drug-likeness (QED) is 0.859. The highest BCUT2D eigenvalue weighted by molar-refractivity contribution is 9.10. The Balaban J connectivity index is 1.95. The predicted octanol–water partition coefficient (Wildman–Crippen LogP) is 3.78. The molecule has 2 aromatic rings. The Morgan fingerprint density at radius 1 is 1.30 bits per heavy atom. The van der Waals surface area contributed by atoms with Crippen molar-refractivity contribution in [1.29, 1.82) is 0 Å². The molecule has 0 unspecified atom stereocenters. The van der Waals surface area contributed by atoms with Crippen LogP contribution in [0, 0.1) is 0 Å². The van der Waals surface area contributed by atoms with Crippen molar-refractivity contribution >= 4 is 44.8 Å². The molecule has 1 amide bonds. The van der Waals surface area contributed by atoms with Gasteiger partial charge in [0.25, 0.3) is 0 Å². The summed E-state index contributed by atoms with van der Waals surface area (Å²) in [5, 5.41) is 13.6. The van der Waals surface area contributed by atoms with E-state index >= 15 is 0 Å². The van der Waals surface area contributed by atoms with Gasteiger partial charge in [0.05, 0.1) is 11.3 Å². The summed E-state index contributed by atoms with van der Waals surface area (Å²) in [7, 11) is 0. The fourth-order valence-corrected chi connectivity index (χ4v) is 2.84. The number of amides is 1. The van der Waals surface area contributed by atoms with Gasteiger partial charge in [0, 0.05) is 15.8 Å². The van der Waals surface area contributed by atoms with Gasteiger partial charge in [0.1, 0.15) is 0 Å². The molecule has 1 aromatic heterocycles. The number of nitrogens with one attached hydrogen (secondary N) is 1. The average Bonchev–Trinajstić information content (AvgIpc) is 2.91. The van der Waals surface area contributed by atoms with Gasteiger partial charge in [0.2, 0.25) is 5.91 Å². The molecular weight excluding hydrogens is 342 g/mol. The molecule has 1 aromatic carbocycles. The number of hydrogen-bond donors (Lipinski definition) is 2. The molecule has 0 fully saturated rings. The second-order valence-corrected chi connectivity index (χ2v) is 6.01. The fourth-order valence-electron chi connectivity index (χ4n) is 1.65. The lowest BCUT2D eigenvalue weighted by atomic mass is 10.2. The Labute approximate surface area is 128 Å². The van der Waals surface area contributed by atoms with Crippen molar-refractivity contribution in [3.63, 3.8) is 0 Å². The summed E-state index contributed by atoms with van der Waals surface area (Å²) in [4.78, 5) is 23.8. The van der Waals surface area contributed by atoms with E-state index in [1.54, 1.807) is 17.4 Å². The van der Waals surface area contributed by atoms with Crippen molar-refractivity contribution in [3.05, 3.63) is 50.6 Å². The number of benzene rings is 1. The van der Waals surface area contributed by atoms with Crippen LogP contribution in [0.3, 0.4) is 0 Å². The molecule has 0 saturated carbocycles. The first-order valence-corrected chi connectivity index (χ1v) is 7.58. The van der Waals surface area contributed by atoms with Crippen LogP contribution in [0.15, 0.2) is 40.2 Å². The minimum absolute atomic E-state index is 0.0952. The zero-order chi connectivity index (χ0) is 14.5. The third-order valence-electron chi connectivity index (χ3n) is 2.67. The number of carbonyl (C=O) groups is 2. The van der Waals surface area contributed by atoms with E-state index in [0.717, 1.165) is 0 Å². The monoisotopic (exact) mass is 353 g/mol. The number of thiophene rings is 1. The molecule has 0 saturated heterocycles. The van der Waals surface area contributed by atoms with Gasteiger partial charge >= 0.3 is 5.97 Å². The maximum absolute atomic E-state index is 11.8. The predicted molar refractivity (Wildman–Crippen MR) is 82.4 cm³/mol. The zero-order valence-electron chi connectivity index (χ0n) is 10.4. The first-order valence-electron chi connectivity index (χ1n) is 5.91. The summed E-state index contributed by atoms with van der Waals surface area (Å²) in [6.07, 6.45) is 1.10. The molecule has 1 heterocycles. The van der Waals surface area contributed by atoms with E-state index < -0.39 is 5.97 Å². The number of carboxylic acid groups (broad SMARTS) is 1. The first kappa shape index (κ1) is 14.7. The van der Waals surface area contributed by atoms with E-state index in [4.69, 9.17) is 5.11 Å². The molecule has 104 valence electrons. The standard InChI is InChI=1S/C14H12BrNO3S/c15-11-8-9(14(18)19)3-5-12(11)16-13(17)6-4-10-2-1-7-20-10/h1-3,5,7-8H,4,6H2,(H,16,17)(H,18,19). The number of hydrogen-bond acceptors (Lipinski definition) is 3.